The summed E-state index contributed by atoms with van der Waals surface area (Å²) < 4.78 is 86.4. The molecule has 18 nitrogen and oxygen atoms in total. The molecule has 1 amide bonds. The van der Waals surface area contributed by atoms with Crippen molar-refractivity contribution in [3.05, 3.63) is 0 Å². The van der Waals surface area contributed by atoms with Crippen LogP contribution in [0.2, 0.25) is 0 Å². The van der Waals surface area contributed by atoms with Gasteiger partial charge in [-0.15, -0.1) is 0 Å². The smallest absolute Gasteiger partial charge is 0.329 e. The van der Waals surface area contributed by atoms with Gasteiger partial charge in [-0.2, -0.15) is 0 Å². The molecule has 0 fully saturated rings. The molecular weight excluding hydrogens is 689 g/mol. The van der Waals surface area contributed by atoms with E-state index in [1.807, 2.05) is 0 Å². The van der Waals surface area contributed by atoms with E-state index in [0.717, 1.165) is 0 Å². The minimum Gasteiger partial charge on any atom is -0.480 e. The lowest BCUT2D eigenvalue weighted by atomic mass is 10.6. The Kier molecular flexibility index (Phi) is 43.0. The fourth-order valence-electron chi connectivity index (χ4n) is 3.34. The lowest BCUT2D eigenvalue weighted by molar-refractivity contribution is -0.143. The van der Waals surface area contributed by atoms with Crippen molar-refractivity contribution in [1.29, 1.82) is 0 Å². The molecule has 0 aliphatic carbocycles. The van der Waals surface area contributed by atoms with Gasteiger partial charge in [-0.3, -0.25) is 4.79 Å². The van der Waals surface area contributed by atoms with Crippen molar-refractivity contribution < 1.29 is 85.4 Å². The maximum Gasteiger partial charge on any atom is 0.329 e. The van der Waals surface area contributed by atoms with Crippen molar-refractivity contribution in [3.8, 4) is 0 Å². The number of amides is 1. The first kappa shape index (κ1) is 49.3. The van der Waals surface area contributed by atoms with Crippen LogP contribution in [0.4, 0.5) is 4.39 Å². The highest BCUT2D eigenvalue weighted by atomic mass is 19.1. The molecule has 0 saturated carbocycles. The minimum absolute atomic E-state index is 0.104. The Bertz CT molecular complexity index is 717. The standard InChI is InChI=1S/C32H62FNO17/c33-1-3-38-5-7-40-9-11-42-13-15-44-17-19-46-21-23-48-25-27-50-28-26-49-24-22-47-20-18-45-16-14-43-12-10-41-8-6-39-4-2-34-31(35)29-51-30-32(36)37/h1-30H2,(H,34,35)(H,36,37). The Hall–Kier alpha value is -1.69. The van der Waals surface area contributed by atoms with E-state index < -0.39 is 25.2 Å². The molecular formula is C32H62FNO17. The molecule has 0 atom stereocenters. The summed E-state index contributed by atoms with van der Waals surface area (Å²) in [6.07, 6.45) is 0. The van der Waals surface area contributed by atoms with Crippen molar-refractivity contribution in [2.45, 2.75) is 0 Å². The van der Waals surface area contributed by atoms with Crippen LogP contribution in [0, 0.1) is 0 Å². The fourth-order valence-corrected chi connectivity index (χ4v) is 3.34. The van der Waals surface area contributed by atoms with Gasteiger partial charge < -0.3 is 76.7 Å². The number of carbonyl (C=O) groups is 2. The second kappa shape index (κ2) is 44.5. The molecule has 0 heterocycles. The molecule has 0 aliphatic heterocycles. The fraction of sp³-hybridized carbons (Fsp3) is 0.938. The van der Waals surface area contributed by atoms with Gasteiger partial charge in [-0.25, -0.2) is 9.18 Å². The number of hydrogen-bond acceptors (Lipinski definition) is 16. The largest absolute Gasteiger partial charge is 0.480 e. The summed E-state index contributed by atoms with van der Waals surface area (Å²) in [5.74, 6) is -1.53. The normalized spacial score (nSPS) is 11.4. The van der Waals surface area contributed by atoms with E-state index in [1.54, 1.807) is 0 Å². The third kappa shape index (κ3) is 46.3. The molecule has 0 bridgehead atoms. The van der Waals surface area contributed by atoms with Gasteiger partial charge in [0.2, 0.25) is 5.91 Å². The van der Waals surface area contributed by atoms with Gasteiger partial charge >= 0.3 is 5.97 Å². The van der Waals surface area contributed by atoms with Crippen LogP contribution in [0.25, 0.3) is 0 Å². The number of halogens is 1. The zero-order valence-electron chi connectivity index (χ0n) is 30.1. The van der Waals surface area contributed by atoms with Crippen LogP contribution in [0.5, 0.6) is 0 Å². The average Bonchev–Trinajstić information content (AvgIpc) is 3.12. The molecule has 0 aromatic heterocycles. The molecule has 0 aliphatic rings. The highest BCUT2D eigenvalue weighted by Crippen LogP contribution is 1.88. The maximum atomic E-state index is 11.8. The van der Waals surface area contributed by atoms with Gasteiger partial charge in [0, 0.05) is 6.54 Å². The Morgan fingerprint density at radius 2 is 0.588 bits per heavy atom. The number of ether oxygens (including phenoxy) is 14. The molecule has 0 aromatic carbocycles. The average molecular weight is 752 g/mol. The number of rotatable bonds is 45. The van der Waals surface area contributed by atoms with E-state index in [9.17, 15) is 14.0 Å². The monoisotopic (exact) mass is 751 g/mol. The van der Waals surface area contributed by atoms with E-state index in [2.05, 4.69) is 10.1 Å². The SMILES string of the molecule is O=C(O)COCC(=O)NCCOCCOCCOCCOCCOCCOCCOCCOCCOCCOCCOCCOCCOCCF. The van der Waals surface area contributed by atoms with Crippen molar-refractivity contribution in [1.82, 2.24) is 5.32 Å². The zero-order chi connectivity index (χ0) is 37.0. The lowest BCUT2D eigenvalue weighted by Crippen LogP contribution is -2.31. The zero-order valence-corrected chi connectivity index (χ0v) is 30.1. The van der Waals surface area contributed by atoms with Gasteiger partial charge in [0.05, 0.1) is 172 Å². The lowest BCUT2D eigenvalue weighted by Gasteiger charge is -2.09. The summed E-state index contributed by atoms with van der Waals surface area (Å²) in [6, 6.07) is 0. The number of carboxylic acid groups (broad SMARTS) is 1. The third-order valence-corrected chi connectivity index (χ3v) is 5.71. The summed E-state index contributed by atoms with van der Waals surface area (Å²) in [5.41, 5.74) is 0. The highest BCUT2D eigenvalue weighted by Gasteiger charge is 2.03. The second-order valence-corrected chi connectivity index (χ2v) is 9.89. The second-order valence-electron chi connectivity index (χ2n) is 9.89. The summed E-state index contributed by atoms with van der Waals surface area (Å²) in [7, 11) is 0. The Labute approximate surface area is 300 Å². The van der Waals surface area contributed by atoms with E-state index in [4.69, 9.17) is 66.7 Å². The number of hydrogen-bond donors (Lipinski definition) is 2. The molecule has 0 aromatic rings. The molecule has 0 unspecified atom stereocenters. The molecule has 0 spiro atoms. The Morgan fingerprint density at radius 3 is 0.824 bits per heavy atom. The van der Waals surface area contributed by atoms with Gasteiger partial charge in [0.1, 0.15) is 19.9 Å². The van der Waals surface area contributed by atoms with Gasteiger partial charge in [0.25, 0.3) is 0 Å². The first-order valence-electron chi connectivity index (χ1n) is 17.3. The molecule has 51 heavy (non-hydrogen) atoms. The highest BCUT2D eigenvalue weighted by molar-refractivity contribution is 5.77. The van der Waals surface area contributed by atoms with E-state index in [0.29, 0.717) is 172 Å². The number of carboxylic acids is 1. The summed E-state index contributed by atoms with van der Waals surface area (Å²) in [5, 5.41) is 11.0. The van der Waals surface area contributed by atoms with Gasteiger partial charge in [-0.05, 0) is 0 Å². The molecule has 2 N–H and O–H groups in total. The van der Waals surface area contributed by atoms with Crippen molar-refractivity contribution >= 4 is 11.9 Å². The predicted molar refractivity (Wildman–Crippen MR) is 178 cm³/mol. The van der Waals surface area contributed by atoms with Crippen LogP contribution in [-0.4, -0.2) is 215 Å². The number of nitrogens with one attached hydrogen (secondary N) is 1. The van der Waals surface area contributed by atoms with Crippen LogP contribution < -0.4 is 5.32 Å². The van der Waals surface area contributed by atoms with E-state index >= 15 is 0 Å². The maximum absolute atomic E-state index is 11.8. The first-order chi connectivity index (χ1) is 25.2. The molecule has 0 rings (SSSR count). The summed E-state index contributed by atoms with van der Waals surface area (Å²) in [6.45, 7) is 10.3. The van der Waals surface area contributed by atoms with E-state index in [1.165, 1.54) is 0 Å². The molecule has 19 heteroatoms. The van der Waals surface area contributed by atoms with Crippen LogP contribution in [-0.2, 0) is 75.9 Å². The van der Waals surface area contributed by atoms with Crippen LogP contribution >= 0.6 is 0 Å². The number of alkyl halides is 1. The third-order valence-electron chi connectivity index (χ3n) is 5.71. The van der Waals surface area contributed by atoms with Crippen LogP contribution in [0.1, 0.15) is 0 Å². The van der Waals surface area contributed by atoms with Crippen LogP contribution in [0.3, 0.4) is 0 Å². The molecule has 0 saturated heterocycles. The number of carbonyl (C=O) groups excluding carboxylic acids is 1. The van der Waals surface area contributed by atoms with Crippen molar-refractivity contribution in [2.75, 3.05) is 198 Å². The van der Waals surface area contributed by atoms with Crippen LogP contribution in [0.15, 0.2) is 0 Å². The van der Waals surface area contributed by atoms with Crippen molar-refractivity contribution in [2.24, 2.45) is 0 Å². The Morgan fingerprint density at radius 1 is 0.353 bits per heavy atom. The van der Waals surface area contributed by atoms with Crippen molar-refractivity contribution in [3.63, 3.8) is 0 Å². The molecule has 304 valence electrons. The molecule has 0 radical (unpaired) electrons. The minimum atomic E-state index is -1.13. The Balaban J connectivity index is 3.08. The number of aliphatic carboxylic acids is 1. The quantitative estimate of drug-likeness (QED) is 0.0748. The first-order valence-corrected chi connectivity index (χ1v) is 17.3. The summed E-state index contributed by atoms with van der Waals surface area (Å²) >= 11 is 0. The topological polar surface area (TPSA) is 196 Å². The van der Waals surface area contributed by atoms with E-state index in [-0.39, 0.29) is 13.2 Å². The summed E-state index contributed by atoms with van der Waals surface area (Å²) in [4.78, 5) is 21.6. The van der Waals surface area contributed by atoms with Gasteiger partial charge in [0.15, 0.2) is 0 Å². The van der Waals surface area contributed by atoms with Gasteiger partial charge in [-0.1, -0.05) is 0 Å². The predicted octanol–water partition coefficient (Wildman–Crippen LogP) is -0.611.